The second kappa shape index (κ2) is 9.87. The van der Waals surface area contributed by atoms with E-state index in [9.17, 15) is 35.3 Å². The second-order valence-electron chi connectivity index (χ2n) is 8.93. The maximum absolute atomic E-state index is 13.6. The van der Waals surface area contributed by atoms with Gasteiger partial charge in [0.1, 0.15) is 11.0 Å². The largest absolute Gasteiger partial charge is 0.477 e. The molecule has 0 aliphatic heterocycles. The van der Waals surface area contributed by atoms with Crippen LogP contribution in [0.3, 0.4) is 0 Å². The molecule has 3 aromatic rings. The number of methoxy groups -OCH3 is 1. The van der Waals surface area contributed by atoms with Crippen molar-refractivity contribution in [1.82, 2.24) is 20.2 Å². The fourth-order valence-electron chi connectivity index (χ4n) is 3.81. The van der Waals surface area contributed by atoms with Crippen molar-refractivity contribution in [1.29, 1.82) is 4.78 Å². The molecule has 10 nitrogen and oxygen atoms in total. The number of hydrogen-bond acceptors (Lipinski definition) is 9. The number of carbonyl (C=O) groups is 1. The Hall–Kier alpha value is -4.02. The number of rotatable bonds is 7. The third-order valence-electron chi connectivity index (χ3n) is 6.10. The second-order valence-corrected chi connectivity index (χ2v) is 11.1. The van der Waals surface area contributed by atoms with Crippen molar-refractivity contribution < 1.29 is 44.8 Å². The number of amides is 1. The number of nitrogens with zero attached hydrogens (tertiary/aromatic N) is 4. The molecule has 1 aromatic carbocycles. The minimum absolute atomic E-state index is 0.00338. The summed E-state index contributed by atoms with van der Waals surface area (Å²) in [7, 11) is -2.12. The van der Waals surface area contributed by atoms with Crippen LogP contribution in [0.5, 0.6) is 17.6 Å². The Morgan fingerprint density at radius 2 is 1.77 bits per heavy atom. The van der Waals surface area contributed by atoms with Crippen molar-refractivity contribution in [2.24, 2.45) is 0 Å². The molecule has 0 radical (unpaired) electrons. The van der Waals surface area contributed by atoms with E-state index in [1.54, 1.807) is 0 Å². The summed E-state index contributed by atoms with van der Waals surface area (Å²) in [5, 5.41) is 8.85. The lowest BCUT2D eigenvalue weighted by molar-refractivity contribution is -0.161. The standard InChI is InChI=1S/C23H20F6N6O4S/c1-11-15(17(36)32-12-5-4-6-13(9-12)40(3,30)37)18(35-34-16(11)22(24,25)26)39-19-20(38-2)33-14(10-31-19)21(7-8-21)23(27,28)29/h4-6,9-10,30H,7-8H2,1-3H3,(H,32,36). The van der Waals surface area contributed by atoms with Gasteiger partial charge in [-0.25, -0.2) is 19.0 Å². The summed E-state index contributed by atoms with van der Waals surface area (Å²) in [5.74, 6) is -3.01. The zero-order valence-corrected chi connectivity index (χ0v) is 21.7. The number of aromatic nitrogens is 4. The van der Waals surface area contributed by atoms with Crippen molar-refractivity contribution in [3.8, 4) is 17.6 Å². The maximum atomic E-state index is 13.6. The van der Waals surface area contributed by atoms with E-state index >= 15 is 0 Å². The first-order chi connectivity index (χ1) is 18.5. The van der Waals surface area contributed by atoms with Crippen LogP contribution in [0.4, 0.5) is 32.0 Å². The van der Waals surface area contributed by atoms with E-state index < -0.39 is 73.6 Å². The van der Waals surface area contributed by atoms with Gasteiger partial charge in [-0.15, -0.1) is 10.2 Å². The minimum Gasteiger partial charge on any atom is -0.477 e. The van der Waals surface area contributed by atoms with Gasteiger partial charge < -0.3 is 14.8 Å². The van der Waals surface area contributed by atoms with E-state index in [0.717, 1.165) is 26.5 Å². The summed E-state index contributed by atoms with van der Waals surface area (Å²) in [6.45, 7) is 0.949. The van der Waals surface area contributed by atoms with Crippen molar-refractivity contribution in [2.75, 3.05) is 18.7 Å². The molecular formula is C23H20F6N6O4S. The fraction of sp³-hybridized carbons (Fsp3) is 0.348. The highest BCUT2D eigenvalue weighted by atomic mass is 32.2. The fourth-order valence-corrected chi connectivity index (χ4v) is 4.50. The average Bonchev–Trinajstić information content (AvgIpc) is 3.65. The molecule has 4 rings (SSSR count). The summed E-state index contributed by atoms with van der Waals surface area (Å²) in [5.41, 5.74) is -5.52. The van der Waals surface area contributed by atoms with E-state index in [0.29, 0.717) is 0 Å². The molecule has 0 bridgehead atoms. The molecule has 1 saturated carbocycles. The Kier molecular flexibility index (Phi) is 7.15. The molecule has 2 heterocycles. The molecule has 1 aliphatic rings. The molecule has 2 aromatic heterocycles. The van der Waals surface area contributed by atoms with Crippen molar-refractivity contribution in [2.45, 2.75) is 42.4 Å². The lowest BCUT2D eigenvalue weighted by atomic mass is 10.0. The zero-order chi connectivity index (χ0) is 29.7. The molecule has 0 saturated heterocycles. The van der Waals surface area contributed by atoms with E-state index in [-0.39, 0.29) is 23.4 Å². The molecule has 0 spiro atoms. The van der Waals surface area contributed by atoms with E-state index in [1.165, 1.54) is 24.3 Å². The van der Waals surface area contributed by atoms with Crippen molar-refractivity contribution in [3.05, 3.63) is 53.0 Å². The predicted molar refractivity (Wildman–Crippen MR) is 127 cm³/mol. The third-order valence-corrected chi connectivity index (χ3v) is 7.25. The third kappa shape index (κ3) is 5.50. The number of nitrogens with one attached hydrogen (secondary N) is 2. The smallest absolute Gasteiger partial charge is 0.435 e. The van der Waals surface area contributed by atoms with Gasteiger partial charge in [0.25, 0.3) is 23.5 Å². The lowest BCUT2D eigenvalue weighted by Gasteiger charge is -2.19. The van der Waals surface area contributed by atoms with Crippen LogP contribution in [-0.2, 0) is 21.3 Å². The normalized spacial score (nSPS) is 16.1. The Morgan fingerprint density at radius 3 is 2.33 bits per heavy atom. The van der Waals surface area contributed by atoms with Gasteiger partial charge in [0.15, 0.2) is 5.69 Å². The Bertz CT molecular complexity index is 1590. The van der Waals surface area contributed by atoms with E-state index in [4.69, 9.17) is 14.3 Å². The first kappa shape index (κ1) is 29.0. The molecule has 1 fully saturated rings. The first-order valence-electron chi connectivity index (χ1n) is 11.2. The number of ether oxygens (including phenoxy) is 2. The number of anilines is 1. The molecule has 2 N–H and O–H groups in total. The van der Waals surface area contributed by atoms with Crippen LogP contribution >= 0.6 is 0 Å². The topological polar surface area (TPSA) is 140 Å². The quantitative estimate of drug-likeness (QED) is 0.355. The zero-order valence-electron chi connectivity index (χ0n) is 20.9. The Morgan fingerprint density at radius 1 is 1.10 bits per heavy atom. The number of hydrogen-bond donors (Lipinski definition) is 2. The van der Waals surface area contributed by atoms with Gasteiger partial charge >= 0.3 is 12.4 Å². The highest BCUT2D eigenvalue weighted by Gasteiger charge is 2.65. The molecular weight excluding hydrogens is 570 g/mol. The monoisotopic (exact) mass is 590 g/mol. The highest BCUT2D eigenvalue weighted by Crippen LogP contribution is 2.58. The molecule has 17 heteroatoms. The van der Waals surface area contributed by atoms with Crippen LogP contribution in [0.15, 0.2) is 35.4 Å². The molecule has 1 amide bonds. The maximum Gasteiger partial charge on any atom is 0.435 e. The Labute approximate surface area is 223 Å². The van der Waals surface area contributed by atoms with Gasteiger partial charge in [-0.1, -0.05) is 6.07 Å². The van der Waals surface area contributed by atoms with Crippen LogP contribution < -0.4 is 14.8 Å². The summed E-state index contributed by atoms with van der Waals surface area (Å²) < 4.78 is 112. The summed E-state index contributed by atoms with van der Waals surface area (Å²) in [4.78, 5) is 20.9. The van der Waals surface area contributed by atoms with Gasteiger partial charge in [0, 0.05) is 16.8 Å². The first-order valence-corrected chi connectivity index (χ1v) is 13.2. The van der Waals surface area contributed by atoms with Gasteiger partial charge in [-0.05, 0) is 43.5 Å². The summed E-state index contributed by atoms with van der Waals surface area (Å²) in [6.07, 6.45) is -8.08. The molecule has 1 unspecified atom stereocenters. The van der Waals surface area contributed by atoms with Gasteiger partial charge in [-0.2, -0.15) is 26.3 Å². The van der Waals surface area contributed by atoms with Gasteiger partial charge in [0.05, 0.1) is 28.7 Å². The van der Waals surface area contributed by atoms with Crippen molar-refractivity contribution in [3.63, 3.8) is 0 Å². The van der Waals surface area contributed by atoms with Gasteiger partial charge in [0.2, 0.25) is 0 Å². The van der Waals surface area contributed by atoms with Crippen LogP contribution in [-0.4, -0.2) is 49.8 Å². The SMILES string of the molecule is COc1nc(C2(C(F)(F)F)CC2)cnc1Oc1nnc(C(F)(F)F)c(C)c1C(=O)Nc1cccc(S(C)(=N)=O)c1. The Balaban J connectivity index is 1.76. The highest BCUT2D eigenvalue weighted by molar-refractivity contribution is 7.91. The van der Waals surface area contributed by atoms with Crippen LogP contribution in [0, 0.1) is 11.7 Å². The number of carbonyl (C=O) groups excluding carboxylic acids is 1. The van der Waals surface area contributed by atoms with Crippen LogP contribution in [0.1, 0.15) is 40.2 Å². The summed E-state index contributed by atoms with van der Waals surface area (Å²) >= 11 is 0. The lowest BCUT2D eigenvalue weighted by Crippen LogP contribution is -2.30. The number of halogens is 6. The molecule has 1 aliphatic carbocycles. The minimum atomic E-state index is -5.00. The average molecular weight is 591 g/mol. The van der Waals surface area contributed by atoms with E-state index in [2.05, 4.69) is 25.5 Å². The van der Waals surface area contributed by atoms with E-state index in [1.807, 2.05) is 0 Å². The summed E-state index contributed by atoms with van der Waals surface area (Å²) in [6, 6.07) is 5.32. The van der Waals surface area contributed by atoms with Crippen LogP contribution in [0.25, 0.3) is 0 Å². The molecule has 214 valence electrons. The molecule has 1 atom stereocenters. The van der Waals surface area contributed by atoms with Crippen LogP contribution in [0.2, 0.25) is 0 Å². The van der Waals surface area contributed by atoms with Crippen molar-refractivity contribution >= 4 is 21.3 Å². The molecule has 40 heavy (non-hydrogen) atoms. The predicted octanol–water partition coefficient (Wildman–Crippen LogP) is 5.28. The number of alkyl halides is 6. The number of benzene rings is 1. The van der Waals surface area contributed by atoms with Gasteiger partial charge in [-0.3, -0.25) is 4.79 Å².